The molecule has 3 fully saturated rings. The summed E-state index contributed by atoms with van der Waals surface area (Å²) < 4.78 is 0. The minimum Gasteiger partial charge on any atom is -0.481 e. The van der Waals surface area contributed by atoms with Gasteiger partial charge in [-0.2, -0.15) is 0 Å². The zero-order chi connectivity index (χ0) is 61.0. The third kappa shape index (κ3) is 14.4. The average Bonchev–Trinajstić information content (AvgIpc) is 1.52. The Kier molecular flexibility index (Phi) is 21.9. The number of hydrogen-bond acceptors (Lipinski definition) is 10. The number of aliphatic carboxylic acids is 1. The van der Waals surface area contributed by atoms with E-state index >= 15 is 0 Å². The van der Waals surface area contributed by atoms with E-state index in [1.165, 1.54) is 79.3 Å². The summed E-state index contributed by atoms with van der Waals surface area (Å²) in [5, 5.41) is 16.5. The molecule has 3 aliphatic heterocycles. The molecule has 12 rings (SSSR count). The maximum Gasteiger partial charge on any atom is 0.324 e. The summed E-state index contributed by atoms with van der Waals surface area (Å²) in [5.41, 5.74) is 12.0. The molecule has 0 unspecified atom stereocenters. The van der Waals surface area contributed by atoms with Crippen molar-refractivity contribution in [3.05, 3.63) is 145 Å². The van der Waals surface area contributed by atoms with E-state index in [1.807, 2.05) is 40.1 Å². The number of urea groups is 1. The molecule has 3 aliphatic carbocycles. The van der Waals surface area contributed by atoms with Crippen molar-refractivity contribution in [3.63, 3.8) is 0 Å². The number of hydrogen-bond donors (Lipinski definition) is 5. The predicted octanol–water partition coefficient (Wildman–Crippen LogP) is 10.8. The summed E-state index contributed by atoms with van der Waals surface area (Å²) in [5.74, 6) is 0.761. The SMILES string of the molecule is C=CCN1C[C@H](C(=O)N(CCCN(C)C)C(=O)NCC)C[C@@H]2c3cccc4[nH]cc(c34)C[C@H]21.C=CCN1C[C@H](C(=O)O)C[C@@H]2c3cccc4[nH]cc(c34)C[C@H]21.C=CCN1C[C@H](C)C[C@@H]2c3cccc4[nH]cc(c34)C[C@H]21.CCN=C=NCCCN(C)C. The number of benzene rings is 3. The minimum absolute atomic E-state index is 0.0562. The highest BCUT2D eigenvalue weighted by Crippen LogP contribution is 2.48. The van der Waals surface area contributed by atoms with Gasteiger partial charge in [0.1, 0.15) is 0 Å². The molecule has 0 bridgehead atoms. The van der Waals surface area contributed by atoms with E-state index in [4.69, 9.17) is 0 Å². The number of amides is 3. The van der Waals surface area contributed by atoms with Crippen molar-refractivity contribution in [2.75, 3.05) is 107 Å². The lowest BCUT2D eigenvalue weighted by molar-refractivity contribution is -0.144. The summed E-state index contributed by atoms with van der Waals surface area (Å²) >= 11 is 0. The number of aromatic amines is 3. The fraction of sp³-hybridized carbons (Fsp3) is 0.514. The summed E-state index contributed by atoms with van der Waals surface area (Å²) in [6, 6.07) is 23.3. The zero-order valence-electron chi connectivity index (χ0n) is 52.4. The number of piperidine rings is 3. The van der Waals surface area contributed by atoms with Gasteiger partial charge in [0.15, 0.2) is 0 Å². The van der Waals surface area contributed by atoms with E-state index in [1.54, 1.807) is 5.56 Å². The normalized spacial score (nSPS) is 23.6. The molecular weight excluding hydrogens is 1070 g/mol. The van der Waals surface area contributed by atoms with Crippen LogP contribution < -0.4 is 5.32 Å². The van der Waals surface area contributed by atoms with Gasteiger partial charge in [0.2, 0.25) is 5.91 Å². The number of fused-ring (bicyclic) bond motifs is 6. The first-order valence-electron chi connectivity index (χ1n) is 31.7. The van der Waals surface area contributed by atoms with Gasteiger partial charge in [-0.25, -0.2) is 14.8 Å². The molecular formula is C70H96N12O4. The maximum absolute atomic E-state index is 13.7. The lowest BCUT2D eigenvalue weighted by Gasteiger charge is -2.47. The summed E-state index contributed by atoms with van der Waals surface area (Å²) in [7, 11) is 8.13. The van der Waals surface area contributed by atoms with Gasteiger partial charge in [0.05, 0.1) is 24.4 Å². The molecule has 6 aliphatic rings. The molecule has 3 saturated heterocycles. The van der Waals surface area contributed by atoms with Gasteiger partial charge in [-0.1, -0.05) is 61.5 Å². The second-order valence-electron chi connectivity index (χ2n) is 25.3. The van der Waals surface area contributed by atoms with Gasteiger partial charge in [-0.15, -0.1) is 19.7 Å². The van der Waals surface area contributed by atoms with Crippen molar-refractivity contribution in [3.8, 4) is 0 Å². The number of carboxylic acid groups (broad SMARTS) is 1. The molecule has 5 N–H and O–H groups in total. The van der Waals surface area contributed by atoms with Crippen LogP contribution in [-0.4, -0.2) is 198 Å². The van der Waals surface area contributed by atoms with E-state index in [9.17, 15) is 19.5 Å². The molecule has 0 spiro atoms. The van der Waals surface area contributed by atoms with Crippen molar-refractivity contribution in [2.45, 2.75) is 108 Å². The Morgan fingerprint density at radius 2 is 1.07 bits per heavy atom. The number of rotatable bonds is 18. The number of imide groups is 1. The molecule has 460 valence electrons. The average molecular weight is 1170 g/mol. The van der Waals surface area contributed by atoms with Gasteiger partial charge in [0.25, 0.3) is 0 Å². The third-order valence-electron chi connectivity index (χ3n) is 18.7. The molecule has 9 atom stereocenters. The smallest absolute Gasteiger partial charge is 0.324 e. The zero-order valence-corrected chi connectivity index (χ0v) is 52.4. The first-order chi connectivity index (χ1) is 41.7. The Morgan fingerprint density at radius 1 is 0.628 bits per heavy atom. The molecule has 0 radical (unpaired) electrons. The molecule has 0 saturated carbocycles. The monoisotopic (exact) mass is 1170 g/mol. The number of carboxylic acids is 1. The van der Waals surface area contributed by atoms with Crippen LogP contribution in [0.3, 0.4) is 0 Å². The first kappa shape index (κ1) is 63.6. The maximum atomic E-state index is 13.7. The third-order valence-corrected chi connectivity index (χ3v) is 18.7. The highest BCUT2D eigenvalue weighted by molar-refractivity contribution is 5.96. The number of nitrogens with zero attached hydrogens (tertiary/aromatic N) is 8. The fourth-order valence-electron chi connectivity index (χ4n) is 15.1. The lowest BCUT2D eigenvalue weighted by atomic mass is 9.72. The molecule has 16 heteroatoms. The molecule has 3 aromatic heterocycles. The molecule has 3 amide bonds. The van der Waals surface area contributed by atoms with E-state index in [0.29, 0.717) is 56.1 Å². The first-order valence-corrected chi connectivity index (χ1v) is 31.7. The van der Waals surface area contributed by atoms with Gasteiger partial charge in [-0.05, 0) is 164 Å². The molecule has 86 heavy (non-hydrogen) atoms. The summed E-state index contributed by atoms with van der Waals surface area (Å²) in [6.07, 6.45) is 20.1. The number of carbonyl (C=O) groups excluding carboxylic acids is 2. The van der Waals surface area contributed by atoms with Crippen LogP contribution in [0.4, 0.5) is 4.79 Å². The topological polar surface area (TPSA) is 175 Å². The van der Waals surface area contributed by atoms with Crippen LogP contribution in [0.2, 0.25) is 0 Å². The minimum atomic E-state index is -0.681. The van der Waals surface area contributed by atoms with Crippen molar-refractivity contribution in [1.29, 1.82) is 0 Å². The van der Waals surface area contributed by atoms with Crippen molar-refractivity contribution < 1.29 is 19.5 Å². The van der Waals surface area contributed by atoms with Crippen LogP contribution >= 0.6 is 0 Å². The molecule has 16 nitrogen and oxygen atoms in total. The molecule has 6 aromatic rings. The quantitative estimate of drug-likeness (QED) is 0.0319. The second-order valence-corrected chi connectivity index (χ2v) is 25.3. The van der Waals surface area contributed by atoms with Crippen LogP contribution in [0.25, 0.3) is 32.7 Å². The van der Waals surface area contributed by atoms with Crippen molar-refractivity contribution >= 4 is 56.6 Å². The number of carbonyl (C=O) groups is 3. The van der Waals surface area contributed by atoms with E-state index < -0.39 is 5.97 Å². The lowest BCUT2D eigenvalue weighted by Crippen LogP contribution is -2.55. The Bertz CT molecular complexity index is 3370. The van der Waals surface area contributed by atoms with Crippen molar-refractivity contribution in [2.24, 2.45) is 27.7 Å². The second kappa shape index (κ2) is 29.7. The number of aliphatic imine (C=N–C) groups is 2. The largest absolute Gasteiger partial charge is 0.481 e. The predicted molar refractivity (Wildman–Crippen MR) is 351 cm³/mol. The van der Waals surface area contributed by atoms with E-state index in [2.05, 4.69) is 181 Å². The Hall–Kier alpha value is -6.91. The van der Waals surface area contributed by atoms with Crippen molar-refractivity contribution in [1.82, 2.24) is 49.7 Å². The van der Waals surface area contributed by atoms with Crippen LogP contribution in [0.1, 0.15) is 104 Å². The van der Waals surface area contributed by atoms with Gasteiger partial charge < -0.3 is 35.2 Å². The number of likely N-dealkylation sites (tertiary alicyclic amines) is 3. The van der Waals surface area contributed by atoms with Crippen LogP contribution in [-0.2, 0) is 28.9 Å². The van der Waals surface area contributed by atoms with Gasteiger partial charge in [0, 0.05) is 146 Å². The Labute approximate surface area is 510 Å². The standard InChI is InChI=1S/C26H37N5O2.C18H20N2O2.C18H22N2.C8H17N3/c1-5-11-30-17-19(25(32)31(26(33)27-6-2)13-8-12-29(3)4)14-21-20-9-7-10-22-24(20)18(16-28-22)15-23(21)30;1-2-6-20-10-12(18(21)22)7-14-13-4-3-5-15-17(13)11(9-19-15)8-16(14)20;1-3-7-20-11-12(2)8-15-14-5-4-6-16-18(14)13(10-19-16)9-17(15)20;1-4-9-8-10-6-5-7-11(2)3/h5,7,9-10,16,19,21,23,28H,1,6,8,11-15,17H2,2-4H3,(H,27,33);2-5,9,12,14,16,19H,1,6-8,10H2,(H,21,22);3-6,10,12,15,17,19H,1,7-9,11H2,2H3;4-7H2,1-3H3/t19-,21-,23-;12-,14-,16-;12-,15-,17-;/m111./s1. The highest BCUT2D eigenvalue weighted by atomic mass is 16.4. The van der Waals surface area contributed by atoms with E-state index in [0.717, 1.165) is 95.8 Å². The Morgan fingerprint density at radius 3 is 1.51 bits per heavy atom. The number of H-pyrrole nitrogens is 3. The Balaban J connectivity index is 0.000000146. The molecule has 3 aromatic carbocycles. The van der Waals surface area contributed by atoms with Crippen LogP contribution in [0.5, 0.6) is 0 Å². The number of nitrogens with one attached hydrogen (secondary N) is 4. The number of aromatic nitrogens is 3. The fourth-order valence-corrected chi connectivity index (χ4v) is 15.1. The van der Waals surface area contributed by atoms with Crippen LogP contribution in [0, 0.1) is 17.8 Å². The molecule has 6 heterocycles. The van der Waals surface area contributed by atoms with Gasteiger partial charge in [-0.3, -0.25) is 29.2 Å². The summed E-state index contributed by atoms with van der Waals surface area (Å²) in [4.78, 5) is 69.2. The van der Waals surface area contributed by atoms with Crippen LogP contribution in [0.15, 0.2) is 121 Å². The van der Waals surface area contributed by atoms with E-state index in [-0.39, 0.29) is 29.7 Å². The van der Waals surface area contributed by atoms with Gasteiger partial charge >= 0.3 is 12.0 Å². The highest BCUT2D eigenvalue weighted by Gasteiger charge is 2.45. The summed E-state index contributed by atoms with van der Waals surface area (Å²) in [6.45, 7) is 27.5.